The highest BCUT2D eigenvalue weighted by molar-refractivity contribution is 5.85. The van der Waals surface area contributed by atoms with Crippen molar-refractivity contribution in [2.24, 2.45) is 0 Å². The number of ether oxygens (including phenoxy) is 1. The minimum atomic E-state index is -0.545. The molecule has 2 N–H and O–H groups in total. The first-order valence-corrected chi connectivity index (χ1v) is 6.95. The maximum atomic E-state index is 13.5. The number of halogens is 1. The van der Waals surface area contributed by atoms with E-state index in [-0.39, 0.29) is 5.82 Å². The topological polar surface area (TPSA) is 50.4 Å². The molecule has 0 fully saturated rings. The van der Waals surface area contributed by atoms with Gasteiger partial charge in [-0.25, -0.2) is 9.18 Å². The number of carbonyl (C=O) groups excluding carboxylic acids is 1. The van der Waals surface area contributed by atoms with Gasteiger partial charge in [-0.15, -0.1) is 0 Å². The Labute approximate surface area is 129 Å². The summed E-state index contributed by atoms with van der Waals surface area (Å²) >= 11 is 0. The normalized spacial score (nSPS) is 10.9. The van der Waals surface area contributed by atoms with E-state index < -0.39 is 11.7 Å². The summed E-state index contributed by atoms with van der Waals surface area (Å²) in [5.74, 6) is -0.321. The van der Waals surface area contributed by atoms with E-state index in [1.54, 1.807) is 63.2 Å². The van der Waals surface area contributed by atoms with Crippen molar-refractivity contribution in [1.29, 1.82) is 0 Å². The molecule has 0 unspecified atom stereocenters. The van der Waals surface area contributed by atoms with E-state index in [2.05, 4.69) is 10.6 Å². The quantitative estimate of drug-likeness (QED) is 0.846. The summed E-state index contributed by atoms with van der Waals surface area (Å²) in [5.41, 5.74) is 1.18. The van der Waals surface area contributed by atoms with Crippen molar-refractivity contribution < 1.29 is 13.9 Å². The van der Waals surface area contributed by atoms with Crippen LogP contribution in [0.15, 0.2) is 48.5 Å². The maximum Gasteiger partial charge on any atom is 0.412 e. The molecule has 4 nitrogen and oxygen atoms in total. The summed E-state index contributed by atoms with van der Waals surface area (Å²) < 4.78 is 18.7. The molecule has 116 valence electrons. The van der Waals surface area contributed by atoms with Crippen molar-refractivity contribution in [3.8, 4) is 0 Å². The molecular formula is C17H19FN2O2. The number of carbonyl (C=O) groups is 1. The summed E-state index contributed by atoms with van der Waals surface area (Å²) in [5, 5.41) is 5.61. The molecule has 0 radical (unpaired) electrons. The number of nitrogens with one attached hydrogen (secondary N) is 2. The molecule has 0 atom stereocenters. The number of hydrogen-bond acceptors (Lipinski definition) is 3. The first kappa shape index (κ1) is 15.8. The Morgan fingerprint density at radius 1 is 1.00 bits per heavy atom. The van der Waals surface area contributed by atoms with Crippen LogP contribution in [-0.4, -0.2) is 11.7 Å². The molecule has 1 amide bonds. The van der Waals surface area contributed by atoms with Gasteiger partial charge in [0.25, 0.3) is 0 Å². The van der Waals surface area contributed by atoms with Gasteiger partial charge in [-0.1, -0.05) is 12.1 Å². The Bertz CT molecular complexity index is 648. The fourth-order valence-corrected chi connectivity index (χ4v) is 1.78. The van der Waals surface area contributed by atoms with Crippen molar-refractivity contribution in [2.75, 3.05) is 10.6 Å². The number of rotatable bonds is 3. The lowest BCUT2D eigenvalue weighted by atomic mass is 10.2. The lowest BCUT2D eigenvalue weighted by Crippen LogP contribution is -2.27. The fourth-order valence-electron chi connectivity index (χ4n) is 1.78. The predicted octanol–water partition coefficient (Wildman–Crippen LogP) is 4.92. The molecule has 0 saturated carbocycles. The summed E-state index contributed by atoms with van der Waals surface area (Å²) in [4.78, 5) is 11.7. The molecule has 0 heterocycles. The zero-order valence-electron chi connectivity index (χ0n) is 12.8. The third-order valence-corrected chi connectivity index (χ3v) is 2.68. The van der Waals surface area contributed by atoms with Crippen LogP contribution in [0.2, 0.25) is 0 Å². The largest absolute Gasteiger partial charge is 0.444 e. The SMILES string of the molecule is CC(C)(C)OC(=O)Nc1ccc(Nc2ccccc2F)cc1. The van der Waals surface area contributed by atoms with Crippen LogP contribution in [-0.2, 0) is 4.74 Å². The molecular weight excluding hydrogens is 283 g/mol. The Hall–Kier alpha value is -2.56. The van der Waals surface area contributed by atoms with Gasteiger partial charge in [-0.2, -0.15) is 0 Å². The molecule has 2 rings (SSSR count). The van der Waals surface area contributed by atoms with Crippen molar-refractivity contribution in [3.05, 3.63) is 54.3 Å². The fraction of sp³-hybridized carbons (Fsp3) is 0.235. The third kappa shape index (κ3) is 4.77. The zero-order chi connectivity index (χ0) is 16.2. The van der Waals surface area contributed by atoms with E-state index in [1.165, 1.54) is 6.07 Å². The highest BCUT2D eigenvalue weighted by atomic mass is 19.1. The highest BCUT2D eigenvalue weighted by Crippen LogP contribution is 2.21. The van der Waals surface area contributed by atoms with Crippen LogP contribution in [0.25, 0.3) is 0 Å². The molecule has 0 bridgehead atoms. The minimum Gasteiger partial charge on any atom is -0.444 e. The van der Waals surface area contributed by atoms with Gasteiger partial charge in [0, 0.05) is 11.4 Å². The van der Waals surface area contributed by atoms with Gasteiger partial charge < -0.3 is 10.1 Å². The van der Waals surface area contributed by atoms with E-state index in [1.807, 2.05) is 0 Å². The molecule has 0 saturated heterocycles. The molecule has 22 heavy (non-hydrogen) atoms. The van der Waals surface area contributed by atoms with Crippen LogP contribution in [0.4, 0.5) is 26.2 Å². The number of benzene rings is 2. The van der Waals surface area contributed by atoms with Gasteiger partial charge in [0.15, 0.2) is 0 Å². The van der Waals surface area contributed by atoms with Gasteiger partial charge in [0.1, 0.15) is 11.4 Å². The van der Waals surface area contributed by atoms with Crippen LogP contribution >= 0.6 is 0 Å². The van der Waals surface area contributed by atoms with Gasteiger partial charge in [0.05, 0.1) is 5.69 Å². The molecule has 0 aliphatic carbocycles. The Balaban J connectivity index is 1.99. The summed E-state index contributed by atoms with van der Waals surface area (Å²) in [6.07, 6.45) is -0.512. The first-order chi connectivity index (χ1) is 10.3. The second kappa shape index (κ2) is 6.47. The van der Waals surface area contributed by atoms with E-state index in [0.717, 1.165) is 5.69 Å². The second-order valence-electron chi connectivity index (χ2n) is 5.81. The zero-order valence-corrected chi connectivity index (χ0v) is 12.8. The highest BCUT2D eigenvalue weighted by Gasteiger charge is 2.16. The van der Waals surface area contributed by atoms with E-state index in [0.29, 0.717) is 11.4 Å². The maximum absolute atomic E-state index is 13.5. The van der Waals surface area contributed by atoms with Gasteiger partial charge in [-0.05, 0) is 57.2 Å². The minimum absolute atomic E-state index is 0.321. The summed E-state index contributed by atoms with van der Waals surface area (Å²) in [6, 6.07) is 13.4. The number of hydrogen-bond donors (Lipinski definition) is 2. The Kier molecular flexibility index (Phi) is 4.65. The first-order valence-electron chi connectivity index (χ1n) is 6.95. The third-order valence-electron chi connectivity index (χ3n) is 2.68. The van der Waals surface area contributed by atoms with Crippen LogP contribution < -0.4 is 10.6 Å². The number of anilines is 3. The molecule has 0 spiro atoms. The molecule has 2 aromatic carbocycles. The monoisotopic (exact) mass is 302 g/mol. The molecule has 0 aliphatic heterocycles. The smallest absolute Gasteiger partial charge is 0.412 e. The Morgan fingerprint density at radius 3 is 2.18 bits per heavy atom. The van der Waals surface area contributed by atoms with Crippen molar-refractivity contribution in [3.63, 3.8) is 0 Å². The number of para-hydroxylation sites is 1. The molecule has 5 heteroatoms. The van der Waals surface area contributed by atoms with Gasteiger partial charge in [-0.3, -0.25) is 5.32 Å². The standard InChI is InChI=1S/C17H19FN2O2/c1-17(2,3)22-16(21)20-13-10-8-12(9-11-13)19-15-7-5-4-6-14(15)18/h4-11,19H,1-3H3,(H,20,21). The van der Waals surface area contributed by atoms with Crippen LogP contribution in [0.5, 0.6) is 0 Å². The van der Waals surface area contributed by atoms with Crippen LogP contribution in [0.3, 0.4) is 0 Å². The number of amides is 1. The predicted molar refractivity (Wildman–Crippen MR) is 86.0 cm³/mol. The van der Waals surface area contributed by atoms with E-state index >= 15 is 0 Å². The van der Waals surface area contributed by atoms with Crippen molar-refractivity contribution in [1.82, 2.24) is 0 Å². The van der Waals surface area contributed by atoms with Crippen molar-refractivity contribution >= 4 is 23.2 Å². The molecule has 0 aliphatic rings. The van der Waals surface area contributed by atoms with E-state index in [4.69, 9.17) is 4.74 Å². The van der Waals surface area contributed by atoms with Crippen molar-refractivity contribution in [2.45, 2.75) is 26.4 Å². The lowest BCUT2D eigenvalue weighted by Gasteiger charge is -2.19. The van der Waals surface area contributed by atoms with Crippen LogP contribution in [0, 0.1) is 5.82 Å². The Morgan fingerprint density at radius 2 is 1.59 bits per heavy atom. The summed E-state index contributed by atoms with van der Waals surface area (Å²) in [6.45, 7) is 5.40. The average Bonchev–Trinajstić information content (AvgIpc) is 2.41. The molecule has 0 aromatic heterocycles. The van der Waals surface area contributed by atoms with Crippen LogP contribution in [0.1, 0.15) is 20.8 Å². The second-order valence-corrected chi connectivity index (χ2v) is 5.81. The van der Waals surface area contributed by atoms with Gasteiger partial charge in [0.2, 0.25) is 0 Å². The molecule has 2 aromatic rings. The average molecular weight is 302 g/mol. The van der Waals surface area contributed by atoms with Gasteiger partial charge >= 0.3 is 6.09 Å². The summed E-state index contributed by atoms with van der Waals surface area (Å²) in [7, 11) is 0. The lowest BCUT2D eigenvalue weighted by molar-refractivity contribution is 0.0636. The van der Waals surface area contributed by atoms with E-state index in [9.17, 15) is 9.18 Å².